The first-order valence-corrected chi connectivity index (χ1v) is 9.00. The van der Waals surface area contributed by atoms with E-state index < -0.39 is 5.97 Å². The lowest BCUT2D eigenvalue weighted by Crippen LogP contribution is -2.43. The van der Waals surface area contributed by atoms with Gasteiger partial charge in [0.1, 0.15) is 5.82 Å². The fourth-order valence-electron chi connectivity index (χ4n) is 3.16. The highest BCUT2D eigenvalue weighted by molar-refractivity contribution is 5.74. The third-order valence-corrected chi connectivity index (χ3v) is 4.76. The number of amides is 2. The van der Waals surface area contributed by atoms with Crippen molar-refractivity contribution < 1.29 is 14.7 Å². The molecule has 0 aromatic carbocycles. The van der Waals surface area contributed by atoms with Gasteiger partial charge in [-0.3, -0.25) is 4.79 Å². The fraction of sp³-hybridized carbons (Fsp3) is 0.611. The number of hydrogen-bond donors (Lipinski definition) is 3. The van der Waals surface area contributed by atoms with Crippen LogP contribution in [0.15, 0.2) is 18.3 Å². The van der Waals surface area contributed by atoms with E-state index in [2.05, 4.69) is 34.4 Å². The number of carbonyl (C=O) groups is 2. The SMILES string of the molecule is CCN(CC)c1ccc(CNC(=O)NC2CCC(C(=O)O)CC2)cn1. The average Bonchev–Trinajstić information content (AvgIpc) is 2.62. The Hall–Kier alpha value is -2.31. The number of aliphatic carboxylic acids is 1. The van der Waals surface area contributed by atoms with Crippen LogP contribution in [-0.2, 0) is 11.3 Å². The number of carboxylic acid groups (broad SMARTS) is 1. The van der Waals surface area contributed by atoms with Gasteiger partial charge in [-0.1, -0.05) is 6.07 Å². The lowest BCUT2D eigenvalue weighted by molar-refractivity contribution is -0.142. The molecule has 1 aromatic rings. The summed E-state index contributed by atoms with van der Waals surface area (Å²) in [5.74, 6) is -0.0616. The summed E-state index contributed by atoms with van der Waals surface area (Å²) in [6.45, 7) is 6.42. The van der Waals surface area contributed by atoms with Crippen molar-refractivity contribution in [3.63, 3.8) is 0 Å². The molecule has 7 heteroatoms. The summed E-state index contributed by atoms with van der Waals surface area (Å²) >= 11 is 0. The van der Waals surface area contributed by atoms with Gasteiger partial charge < -0.3 is 20.6 Å². The van der Waals surface area contributed by atoms with E-state index in [1.54, 1.807) is 6.20 Å². The minimum absolute atomic E-state index is 0.0544. The maximum atomic E-state index is 12.0. The molecule has 3 N–H and O–H groups in total. The number of hydrogen-bond acceptors (Lipinski definition) is 4. The molecule has 0 radical (unpaired) electrons. The third-order valence-electron chi connectivity index (χ3n) is 4.76. The topological polar surface area (TPSA) is 94.6 Å². The lowest BCUT2D eigenvalue weighted by Gasteiger charge is -2.26. The van der Waals surface area contributed by atoms with Crippen molar-refractivity contribution >= 4 is 17.8 Å². The molecule has 0 aliphatic heterocycles. The van der Waals surface area contributed by atoms with Crippen LogP contribution < -0.4 is 15.5 Å². The molecule has 1 aliphatic carbocycles. The number of nitrogens with zero attached hydrogens (tertiary/aromatic N) is 2. The zero-order chi connectivity index (χ0) is 18.2. The van der Waals surface area contributed by atoms with E-state index in [9.17, 15) is 9.59 Å². The predicted molar refractivity (Wildman–Crippen MR) is 96.6 cm³/mol. The summed E-state index contributed by atoms with van der Waals surface area (Å²) in [5.41, 5.74) is 0.945. The molecule has 0 bridgehead atoms. The normalized spacial score (nSPS) is 19.9. The van der Waals surface area contributed by atoms with Crippen molar-refractivity contribution in [2.24, 2.45) is 5.92 Å². The zero-order valence-electron chi connectivity index (χ0n) is 15.0. The fourth-order valence-corrected chi connectivity index (χ4v) is 3.16. The van der Waals surface area contributed by atoms with Crippen molar-refractivity contribution in [1.82, 2.24) is 15.6 Å². The molecule has 25 heavy (non-hydrogen) atoms. The standard InChI is InChI=1S/C18H28N4O3/c1-3-22(4-2)16-10-5-13(11-19-16)12-20-18(25)21-15-8-6-14(7-9-15)17(23)24/h5,10-11,14-15H,3-4,6-9,12H2,1-2H3,(H,23,24)(H2,20,21,25). The van der Waals surface area contributed by atoms with Crippen molar-refractivity contribution in [3.05, 3.63) is 23.9 Å². The summed E-state index contributed by atoms with van der Waals surface area (Å²) < 4.78 is 0. The van der Waals surface area contributed by atoms with Crippen LogP contribution in [0.1, 0.15) is 45.1 Å². The van der Waals surface area contributed by atoms with Crippen molar-refractivity contribution in [1.29, 1.82) is 0 Å². The highest BCUT2D eigenvalue weighted by atomic mass is 16.4. The van der Waals surface area contributed by atoms with Crippen LogP contribution in [0.25, 0.3) is 0 Å². The number of aromatic nitrogens is 1. The molecular weight excluding hydrogens is 320 g/mol. The van der Waals surface area contributed by atoms with Crippen LogP contribution in [-0.4, -0.2) is 41.2 Å². The molecule has 1 aliphatic rings. The van der Waals surface area contributed by atoms with E-state index in [4.69, 9.17) is 5.11 Å². The Morgan fingerprint density at radius 1 is 1.20 bits per heavy atom. The number of rotatable bonds is 7. The summed E-state index contributed by atoms with van der Waals surface area (Å²) in [6, 6.07) is 3.78. The lowest BCUT2D eigenvalue weighted by atomic mass is 9.86. The van der Waals surface area contributed by atoms with E-state index in [0.29, 0.717) is 32.2 Å². The van der Waals surface area contributed by atoms with Crippen molar-refractivity contribution in [3.8, 4) is 0 Å². The average molecular weight is 348 g/mol. The molecule has 0 saturated heterocycles. The Morgan fingerprint density at radius 3 is 2.40 bits per heavy atom. The second kappa shape index (κ2) is 9.25. The van der Waals surface area contributed by atoms with Gasteiger partial charge in [-0.2, -0.15) is 0 Å². The first-order chi connectivity index (χ1) is 12.0. The highest BCUT2D eigenvalue weighted by Crippen LogP contribution is 2.24. The van der Waals surface area contributed by atoms with Crippen molar-refractivity contribution in [2.75, 3.05) is 18.0 Å². The van der Waals surface area contributed by atoms with Crippen LogP contribution in [0.3, 0.4) is 0 Å². The van der Waals surface area contributed by atoms with Gasteiger partial charge in [0.2, 0.25) is 0 Å². The largest absolute Gasteiger partial charge is 0.481 e. The van der Waals surface area contributed by atoms with Gasteiger partial charge in [0.05, 0.1) is 5.92 Å². The number of carboxylic acids is 1. The van der Waals surface area contributed by atoms with E-state index >= 15 is 0 Å². The second-order valence-electron chi connectivity index (χ2n) is 6.41. The quantitative estimate of drug-likeness (QED) is 0.703. The minimum Gasteiger partial charge on any atom is -0.481 e. The van der Waals surface area contributed by atoms with Gasteiger partial charge in [0, 0.05) is 31.9 Å². The molecular formula is C18H28N4O3. The molecule has 1 saturated carbocycles. The van der Waals surface area contributed by atoms with Crippen LogP contribution in [0.5, 0.6) is 0 Å². The Labute approximate surface area is 148 Å². The maximum absolute atomic E-state index is 12.0. The van der Waals surface area contributed by atoms with Gasteiger partial charge in [0.15, 0.2) is 0 Å². The Kier molecular flexibility index (Phi) is 7.03. The van der Waals surface area contributed by atoms with Gasteiger partial charge in [-0.15, -0.1) is 0 Å². The van der Waals surface area contributed by atoms with Gasteiger partial charge in [-0.25, -0.2) is 9.78 Å². The highest BCUT2D eigenvalue weighted by Gasteiger charge is 2.26. The molecule has 1 fully saturated rings. The summed E-state index contributed by atoms with van der Waals surface area (Å²) in [4.78, 5) is 29.5. The number of carbonyl (C=O) groups excluding carboxylic acids is 1. The summed E-state index contributed by atoms with van der Waals surface area (Å²) in [6.07, 6.45) is 4.45. The summed E-state index contributed by atoms with van der Waals surface area (Å²) in [7, 11) is 0. The number of pyridine rings is 1. The minimum atomic E-state index is -0.733. The Balaban J connectivity index is 1.74. The molecule has 0 atom stereocenters. The zero-order valence-corrected chi connectivity index (χ0v) is 15.0. The number of nitrogens with one attached hydrogen (secondary N) is 2. The molecule has 2 rings (SSSR count). The first kappa shape index (κ1) is 19.0. The second-order valence-corrected chi connectivity index (χ2v) is 6.41. The monoisotopic (exact) mass is 348 g/mol. The van der Waals surface area contributed by atoms with Gasteiger partial charge in [0.25, 0.3) is 0 Å². The van der Waals surface area contributed by atoms with E-state index in [-0.39, 0.29) is 18.0 Å². The predicted octanol–water partition coefficient (Wildman–Crippen LogP) is 2.37. The third kappa shape index (κ3) is 5.62. The molecule has 0 spiro atoms. The van der Waals surface area contributed by atoms with E-state index in [0.717, 1.165) is 24.5 Å². The van der Waals surface area contributed by atoms with Crippen LogP contribution in [0.2, 0.25) is 0 Å². The van der Waals surface area contributed by atoms with Gasteiger partial charge in [-0.05, 0) is 51.2 Å². The maximum Gasteiger partial charge on any atom is 0.315 e. The summed E-state index contributed by atoms with van der Waals surface area (Å²) in [5, 5.41) is 14.8. The Morgan fingerprint density at radius 2 is 1.88 bits per heavy atom. The first-order valence-electron chi connectivity index (χ1n) is 9.00. The molecule has 0 unspecified atom stereocenters. The molecule has 7 nitrogen and oxygen atoms in total. The smallest absolute Gasteiger partial charge is 0.315 e. The van der Waals surface area contributed by atoms with Gasteiger partial charge >= 0.3 is 12.0 Å². The van der Waals surface area contributed by atoms with Crippen LogP contribution in [0, 0.1) is 5.92 Å². The van der Waals surface area contributed by atoms with E-state index in [1.807, 2.05) is 12.1 Å². The molecule has 1 aromatic heterocycles. The van der Waals surface area contributed by atoms with Crippen LogP contribution in [0.4, 0.5) is 10.6 Å². The van der Waals surface area contributed by atoms with Crippen LogP contribution >= 0.6 is 0 Å². The van der Waals surface area contributed by atoms with Crippen molar-refractivity contribution in [2.45, 2.75) is 52.1 Å². The Bertz CT molecular complexity index is 564. The number of anilines is 1. The molecule has 2 amide bonds. The molecule has 1 heterocycles. The molecule has 138 valence electrons. The number of urea groups is 1. The van der Waals surface area contributed by atoms with E-state index in [1.165, 1.54) is 0 Å².